The van der Waals surface area contributed by atoms with E-state index in [1.165, 1.54) is 0 Å². The van der Waals surface area contributed by atoms with Crippen molar-refractivity contribution in [1.82, 2.24) is 29.9 Å². The molecule has 7 heteroatoms. The van der Waals surface area contributed by atoms with Crippen molar-refractivity contribution in [3.05, 3.63) is 146 Å². The normalized spacial score (nSPS) is 10.6. The first kappa shape index (κ1) is 27.9. The average molecular weight is 606 g/mol. The Bertz CT molecular complexity index is 1910. The standard InChI is InChI=1S/3C12H8N2.Zn/c3*1-3-9-5-6-10-4-2-8-14-12(10)11(9)13-7-1;/h3*1-8H;/q;;;+2. The summed E-state index contributed by atoms with van der Waals surface area (Å²) in [5, 5.41) is 6.83. The van der Waals surface area contributed by atoms with E-state index < -0.39 is 0 Å². The number of rotatable bonds is 0. The first-order valence-electron chi connectivity index (χ1n) is 13.6. The molecule has 3 aromatic carbocycles. The van der Waals surface area contributed by atoms with Crippen molar-refractivity contribution in [2.75, 3.05) is 0 Å². The molecule has 9 rings (SSSR count). The molecule has 198 valence electrons. The summed E-state index contributed by atoms with van der Waals surface area (Å²) in [4.78, 5) is 26.1. The largest absolute Gasteiger partial charge is 2.00 e. The first-order valence-corrected chi connectivity index (χ1v) is 13.6. The molecule has 0 aliphatic carbocycles. The van der Waals surface area contributed by atoms with Crippen LogP contribution in [0, 0.1) is 0 Å². The molecule has 0 spiro atoms. The predicted octanol–water partition coefficient (Wildman–Crippen LogP) is 8.35. The monoisotopic (exact) mass is 604 g/mol. The van der Waals surface area contributed by atoms with Crippen LogP contribution in [0.15, 0.2) is 146 Å². The zero-order chi connectivity index (χ0) is 28.1. The average Bonchev–Trinajstić information content (AvgIpc) is 3.09. The second kappa shape index (κ2) is 12.7. The van der Waals surface area contributed by atoms with Crippen LogP contribution in [0.1, 0.15) is 0 Å². The number of hydrogen-bond acceptors (Lipinski definition) is 6. The van der Waals surface area contributed by atoms with E-state index in [-0.39, 0.29) is 19.5 Å². The van der Waals surface area contributed by atoms with Crippen molar-refractivity contribution in [3.63, 3.8) is 0 Å². The summed E-state index contributed by atoms with van der Waals surface area (Å²) in [7, 11) is 0. The third-order valence-corrected chi connectivity index (χ3v) is 7.03. The van der Waals surface area contributed by atoms with Crippen molar-refractivity contribution < 1.29 is 19.5 Å². The van der Waals surface area contributed by atoms with Crippen LogP contribution >= 0.6 is 0 Å². The van der Waals surface area contributed by atoms with E-state index in [1.54, 1.807) is 37.2 Å². The Hall–Kier alpha value is -5.26. The third-order valence-electron chi connectivity index (χ3n) is 7.03. The SMILES string of the molecule is [Zn+2].c1cnc2c(c1)ccc1cccnc12.c1cnc2c(c1)ccc1cccnc12.c1cnc2c(c1)ccc1cccnc12. The molecule has 0 amide bonds. The van der Waals surface area contributed by atoms with Crippen LogP contribution in [0.3, 0.4) is 0 Å². The van der Waals surface area contributed by atoms with Gasteiger partial charge in [-0.05, 0) is 36.4 Å². The summed E-state index contributed by atoms with van der Waals surface area (Å²) in [5.41, 5.74) is 5.86. The van der Waals surface area contributed by atoms with Gasteiger partial charge in [-0.1, -0.05) is 72.8 Å². The summed E-state index contributed by atoms with van der Waals surface area (Å²) in [5.74, 6) is 0. The van der Waals surface area contributed by atoms with Crippen molar-refractivity contribution in [1.29, 1.82) is 0 Å². The van der Waals surface area contributed by atoms with Gasteiger partial charge in [-0.3, -0.25) is 29.9 Å². The van der Waals surface area contributed by atoms with E-state index in [1.807, 2.05) is 36.4 Å². The van der Waals surface area contributed by atoms with E-state index in [0.717, 1.165) is 65.4 Å². The molecule has 0 bridgehead atoms. The fraction of sp³-hybridized carbons (Fsp3) is 0. The second-order valence-corrected chi connectivity index (χ2v) is 9.65. The van der Waals surface area contributed by atoms with Gasteiger partial charge >= 0.3 is 19.5 Å². The van der Waals surface area contributed by atoms with Crippen LogP contribution in [0.25, 0.3) is 65.4 Å². The minimum atomic E-state index is 0. The quantitative estimate of drug-likeness (QED) is 0.128. The number of nitrogens with zero attached hydrogens (tertiary/aromatic N) is 6. The summed E-state index contributed by atoms with van der Waals surface area (Å²) in [6.07, 6.45) is 10.8. The van der Waals surface area contributed by atoms with E-state index >= 15 is 0 Å². The van der Waals surface area contributed by atoms with Gasteiger partial charge in [0.1, 0.15) is 0 Å². The van der Waals surface area contributed by atoms with Gasteiger partial charge in [0, 0.05) is 69.5 Å². The molecule has 0 unspecified atom stereocenters. The number of hydrogen-bond donors (Lipinski definition) is 0. The predicted molar refractivity (Wildman–Crippen MR) is 171 cm³/mol. The summed E-state index contributed by atoms with van der Waals surface area (Å²) >= 11 is 0. The van der Waals surface area contributed by atoms with Gasteiger partial charge in [0.2, 0.25) is 0 Å². The van der Waals surface area contributed by atoms with Crippen molar-refractivity contribution in [2.24, 2.45) is 0 Å². The fourth-order valence-corrected chi connectivity index (χ4v) is 5.04. The van der Waals surface area contributed by atoms with Crippen molar-refractivity contribution in [2.45, 2.75) is 0 Å². The molecule has 0 aliphatic heterocycles. The second-order valence-electron chi connectivity index (χ2n) is 9.65. The molecular weight excluding hydrogens is 582 g/mol. The molecule has 0 atom stereocenters. The summed E-state index contributed by atoms with van der Waals surface area (Å²) in [6.45, 7) is 0. The van der Waals surface area contributed by atoms with Gasteiger partial charge in [-0.2, -0.15) is 0 Å². The maximum absolute atomic E-state index is 4.35. The molecule has 0 saturated carbocycles. The molecule has 43 heavy (non-hydrogen) atoms. The van der Waals surface area contributed by atoms with Gasteiger partial charge in [-0.15, -0.1) is 0 Å². The molecule has 9 aromatic rings. The number of fused-ring (bicyclic) bond motifs is 9. The fourth-order valence-electron chi connectivity index (χ4n) is 5.04. The van der Waals surface area contributed by atoms with Gasteiger partial charge in [0.25, 0.3) is 0 Å². The maximum atomic E-state index is 4.35. The first-order chi connectivity index (χ1) is 20.8. The number of pyridine rings is 6. The smallest absolute Gasteiger partial charge is 0.254 e. The zero-order valence-corrected chi connectivity index (χ0v) is 26.2. The van der Waals surface area contributed by atoms with Crippen molar-refractivity contribution >= 4 is 65.4 Å². The third kappa shape index (κ3) is 5.76. The summed E-state index contributed by atoms with van der Waals surface area (Å²) < 4.78 is 0. The Morgan fingerprint density at radius 1 is 0.233 bits per heavy atom. The van der Waals surface area contributed by atoms with Gasteiger partial charge < -0.3 is 0 Å². The minimum Gasteiger partial charge on any atom is -0.254 e. The molecule has 6 heterocycles. The van der Waals surface area contributed by atoms with Crippen LogP contribution in [-0.2, 0) is 19.5 Å². The molecule has 0 radical (unpaired) electrons. The topological polar surface area (TPSA) is 77.3 Å². The Kier molecular flexibility index (Phi) is 8.25. The summed E-state index contributed by atoms with van der Waals surface area (Å²) in [6, 6.07) is 36.4. The number of benzene rings is 3. The molecule has 6 nitrogen and oxygen atoms in total. The van der Waals surface area contributed by atoms with Crippen LogP contribution in [0.2, 0.25) is 0 Å². The zero-order valence-electron chi connectivity index (χ0n) is 23.2. The van der Waals surface area contributed by atoms with Gasteiger partial charge in [0.05, 0.1) is 33.1 Å². The maximum Gasteiger partial charge on any atom is 2.00 e. The van der Waals surface area contributed by atoms with E-state index in [0.29, 0.717) is 0 Å². The molecule has 0 fully saturated rings. The Morgan fingerprint density at radius 2 is 0.395 bits per heavy atom. The Balaban J connectivity index is 0.000000113. The van der Waals surface area contributed by atoms with Crippen LogP contribution < -0.4 is 0 Å². The van der Waals surface area contributed by atoms with Crippen LogP contribution in [0.4, 0.5) is 0 Å². The van der Waals surface area contributed by atoms with E-state index in [2.05, 4.69) is 103 Å². The van der Waals surface area contributed by atoms with Crippen molar-refractivity contribution in [3.8, 4) is 0 Å². The van der Waals surface area contributed by atoms with Gasteiger partial charge in [-0.25, -0.2) is 0 Å². The van der Waals surface area contributed by atoms with Gasteiger partial charge in [0.15, 0.2) is 0 Å². The Morgan fingerprint density at radius 3 is 0.558 bits per heavy atom. The molecule has 0 aliphatic rings. The molecule has 6 aromatic heterocycles. The molecule has 0 saturated heterocycles. The minimum absolute atomic E-state index is 0. The Labute approximate surface area is 260 Å². The number of aromatic nitrogens is 6. The van der Waals surface area contributed by atoms with Crippen LogP contribution in [-0.4, -0.2) is 29.9 Å². The van der Waals surface area contributed by atoms with Crippen LogP contribution in [0.5, 0.6) is 0 Å². The molecule has 0 N–H and O–H groups in total. The molecular formula is C36H24N6Zn+2. The van der Waals surface area contributed by atoms with E-state index in [4.69, 9.17) is 0 Å². The van der Waals surface area contributed by atoms with E-state index in [9.17, 15) is 0 Å².